The van der Waals surface area contributed by atoms with Crippen molar-refractivity contribution in [2.45, 2.75) is 102 Å². The number of carbonyl (C=O) groups is 1. The van der Waals surface area contributed by atoms with Crippen LogP contribution in [-0.2, 0) is 13.6 Å². The molecule has 1 aliphatic rings. The number of nitro groups is 1. The Bertz CT molecular complexity index is 1420. The summed E-state index contributed by atoms with van der Waals surface area (Å²) in [5.74, 6) is -3.89. The van der Waals surface area contributed by atoms with Gasteiger partial charge < -0.3 is 18.3 Å². The van der Waals surface area contributed by atoms with Crippen molar-refractivity contribution in [3.63, 3.8) is 0 Å². The van der Waals surface area contributed by atoms with E-state index in [-0.39, 0.29) is 33.9 Å². The third kappa shape index (κ3) is 7.77. The minimum Gasteiger partial charge on any atom is -0.414 e. The number of nitrogens with one attached hydrogen (secondary N) is 1. The van der Waals surface area contributed by atoms with Crippen molar-refractivity contribution in [1.29, 1.82) is 0 Å². The van der Waals surface area contributed by atoms with Crippen molar-refractivity contribution >= 4 is 34.2 Å². The number of aromatic nitrogens is 2. The van der Waals surface area contributed by atoms with Gasteiger partial charge in [0, 0.05) is 18.3 Å². The largest absolute Gasteiger partial charge is 0.418 e. The van der Waals surface area contributed by atoms with Gasteiger partial charge in [0.25, 0.3) is 5.69 Å². The fourth-order valence-corrected chi connectivity index (χ4v) is 6.09. The summed E-state index contributed by atoms with van der Waals surface area (Å²) in [7, 11) is -5.07. The summed E-state index contributed by atoms with van der Waals surface area (Å²) in [6, 6.07) is 5.89. The molecule has 1 aliphatic heterocycles. The Morgan fingerprint density at radius 2 is 1.64 bits per heavy atom. The third-order valence-electron chi connectivity index (χ3n) is 8.56. The molecule has 0 bridgehead atoms. The molecule has 1 saturated heterocycles. The average Bonchev–Trinajstić information content (AvgIpc) is 3.10. The molecule has 0 saturated carbocycles. The van der Waals surface area contributed by atoms with Crippen LogP contribution in [0, 0.1) is 10.1 Å². The molecule has 2 heterocycles. The minimum absolute atomic E-state index is 0.000766. The highest BCUT2D eigenvalue weighted by Crippen LogP contribution is 2.48. The lowest BCUT2D eigenvalue weighted by atomic mass is 10.1. The highest BCUT2D eigenvalue weighted by atomic mass is 28.4. The Balaban J connectivity index is 1.85. The molecule has 1 amide bonds. The van der Waals surface area contributed by atoms with Gasteiger partial charge >= 0.3 is 17.7 Å². The second-order valence-corrected chi connectivity index (χ2v) is 23.4. The van der Waals surface area contributed by atoms with Gasteiger partial charge in [-0.2, -0.15) is 13.8 Å². The van der Waals surface area contributed by atoms with Gasteiger partial charge in [-0.1, -0.05) is 41.5 Å². The van der Waals surface area contributed by atoms with Gasteiger partial charge in [-0.15, -0.1) is 0 Å². The predicted molar refractivity (Wildman–Crippen MR) is 165 cm³/mol. The highest BCUT2D eigenvalue weighted by molar-refractivity contribution is 6.74. The molecule has 244 valence electrons. The van der Waals surface area contributed by atoms with Crippen LogP contribution in [0.1, 0.15) is 47.8 Å². The SMILES string of the molecule is CC(C)(C)[Si](C)(C)OC[C@H]1O[C@@H](n2ccc(NC(=O)Oc3ccc([N+](=O)[O-])cc3)nc2=O)C(F)(F)[C@@H]1O[Si](C)(C)C(C)(C)C. The van der Waals surface area contributed by atoms with Crippen LogP contribution in [-0.4, -0.2) is 61.9 Å². The van der Waals surface area contributed by atoms with Crippen LogP contribution in [0.3, 0.4) is 0 Å². The van der Waals surface area contributed by atoms with Crippen LogP contribution in [0.15, 0.2) is 41.3 Å². The molecule has 1 fully saturated rings. The first-order valence-electron chi connectivity index (χ1n) is 14.1. The van der Waals surface area contributed by atoms with E-state index in [0.29, 0.717) is 4.57 Å². The van der Waals surface area contributed by atoms with Gasteiger partial charge in [0.05, 0.1) is 11.5 Å². The van der Waals surface area contributed by atoms with E-state index in [0.717, 1.165) is 24.4 Å². The van der Waals surface area contributed by atoms with E-state index in [9.17, 15) is 19.7 Å². The molecule has 2 aromatic rings. The number of carbonyl (C=O) groups excluding carboxylic acids is 1. The van der Waals surface area contributed by atoms with Crippen LogP contribution in [0.5, 0.6) is 5.75 Å². The predicted octanol–water partition coefficient (Wildman–Crippen LogP) is 6.71. The number of nitro benzene ring substituents is 1. The number of benzene rings is 1. The van der Waals surface area contributed by atoms with Gasteiger partial charge in [-0.3, -0.25) is 20.0 Å². The number of amides is 1. The molecule has 3 rings (SSSR count). The summed E-state index contributed by atoms with van der Waals surface area (Å²) in [6.07, 6.45) is -4.88. The standard InChI is InChI=1S/C28H42F2N4O8Si2/c1-26(2,3)43(7,8)39-17-20-22(42-44(9,10)27(4,5)6)28(29,30)23(41-20)33-16-15-21(31-24(33)35)32-25(36)40-19-13-11-18(12-14-19)34(37)38/h11-16,20,22-23H,17H2,1-10H3,(H,31,32,35,36)/t20-,22-,23-/m1/s1. The van der Waals surface area contributed by atoms with E-state index >= 15 is 8.78 Å². The van der Waals surface area contributed by atoms with E-state index < -0.39 is 57.7 Å². The number of alkyl halides is 2. The van der Waals surface area contributed by atoms with E-state index in [2.05, 4.69) is 10.3 Å². The van der Waals surface area contributed by atoms with Crippen LogP contribution >= 0.6 is 0 Å². The molecule has 0 spiro atoms. The molecule has 0 radical (unpaired) electrons. The molecular weight excluding hydrogens is 614 g/mol. The van der Waals surface area contributed by atoms with Gasteiger partial charge in [-0.05, 0) is 54.5 Å². The number of non-ortho nitro benzene ring substituents is 1. The Morgan fingerprint density at radius 1 is 1.07 bits per heavy atom. The molecule has 1 N–H and O–H groups in total. The second kappa shape index (κ2) is 12.4. The lowest BCUT2D eigenvalue weighted by molar-refractivity contribution is -0.384. The number of hydrogen-bond donors (Lipinski definition) is 1. The van der Waals surface area contributed by atoms with Crippen LogP contribution in [0.25, 0.3) is 0 Å². The zero-order valence-corrected chi connectivity index (χ0v) is 28.8. The van der Waals surface area contributed by atoms with Crippen molar-refractivity contribution in [2.24, 2.45) is 0 Å². The molecule has 1 aromatic heterocycles. The number of ether oxygens (including phenoxy) is 2. The van der Waals surface area contributed by atoms with E-state index in [1.54, 1.807) is 0 Å². The average molecular weight is 657 g/mol. The molecule has 12 nitrogen and oxygen atoms in total. The zero-order valence-electron chi connectivity index (χ0n) is 26.8. The summed E-state index contributed by atoms with van der Waals surface area (Å²) in [5.41, 5.74) is -1.29. The summed E-state index contributed by atoms with van der Waals surface area (Å²) < 4.78 is 56.5. The summed E-state index contributed by atoms with van der Waals surface area (Å²) in [5, 5.41) is 12.5. The highest BCUT2D eigenvalue weighted by Gasteiger charge is 2.63. The fourth-order valence-electron chi connectivity index (χ4n) is 3.78. The van der Waals surface area contributed by atoms with E-state index in [1.165, 1.54) is 12.1 Å². The Morgan fingerprint density at radius 3 is 2.14 bits per heavy atom. The van der Waals surface area contributed by atoms with Crippen LogP contribution in [0.2, 0.25) is 36.3 Å². The van der Waals surface area contributed by atoms with Gasteiger partial charge in [0.15, 0.2) is 16.6 Å². The smallest absolute Gasteiger partial charge is 0.414 e. The van der Waals surface area contributed by atoms with Crippen molar-refractivity contribution in [1.82, 2.24) is 9.55 Å². The third-order valence-corrected chi connectivity index (χ3v) is 17.5. The first-order valence-corrected chi connectivity index (χ1v) is 20.0. The fraction of sp³-hybridized carbons (Fsp3) is 0.607. The maximum absolute atomic E-state index is 16.2. The molecule has 0 unspecified atom stereocenters. The monoisotopic (exact) mass is 656 g/mol. The van der Waals surface area contributed by atoms with E-state index in [4.69, 9.17) is 18.3 Å². The minimum atomic E-state index is -3.63. The zero-order chi connectivity index (χ0) is 33.5. The van der Waals surface area contributed by atoms with Gasteiger partial charge in [0.2, 0.25) is 6.23 Å². The first kappa shape index (κ1) is 35.4. The maximum atomic E-state index is 16.2. The Hall–Kier alpha value is -3.06. The molecule has 44 heavy (non-hydrogen) atoms. The number of anilines is 1. The molecule has 1 aromatic carbocycles. The summed E-state index contributed by atoms with van der Waals surface area (Å²) >= 11 is 0. The van der Waals surface area contributed by atoms with Crippen molar-refractivity contribution in [2.75, 3.05) is 11.9 Å². The van der Waals surface area contributed by atoms with Crippen LogP contribution < -0.4 is 15.7 Å². The van der Waals surface area contributed by atoms with Crippen molar-refractivity contribution in [3.05, 3.63) is 57.1 Å². The van der Waals surface area contributed by atoms with Crippen LogP contribution in [0.4, 0.5) is 25.1 Å². The van der Waals surface area contributed by atoms with Gasteiger partial charge in [-0.25, -0.2) is 9.59 Å². The van der Waals surface area contributed by atoms with Crippen molar-refractivity contribution in [3.8, 4) is 5.75 Å². The number of rotatable bonds is 9. The number of nitrogens with zero attached hydrogens (tertiary/aromatic N) is 3. The summed E-state index contributed by atoms with van der Waals surface area (Å²) in [6.45, 7) is 19.6. The van der Waals surface area contributed by atoms with E-state index in [1.807, 2.05) is 67.7 Å². The molecule has 0 aliphatic carbocycles. The molecule has 16 heteroatoms. The number of hydrogen-bond acceptors (Lipinski definition) is 9. The Kier molecular flexibility index (Phi) is 9.97. The summed E-state index contributed by atoms with van der Waals surface area (Å²) in [4.78, 5) is 39.2. The first-order chi connectivity index (χ1) is 20.0. The topological polar surface area (TPSA) is 144 Å². The van der Waals surface area contributed by atoms with Gasteiger partial charge in [0.1, 0.15) is 23.8 Å². The lowest BCUT2D eigenvalue weighted by Crippen LogP contribution is -2.53. The number of halogens is 2. The van der Waals surface area contributed by atoms with Crippen molar-refractivity contribution < 1.29 is 36.8 Å². The Labute approximate surface area is 257 Å². The quantitative estimate of drug-likeness (QED) is 0.177. The molecule has 3 atom stereocenters. The molecular formula is C28H42F2N4O8Si2. The second-order valence-electron chi connectivity index (χ2n) is 13.8. The maximum Gasteiger partial charge on any atom is 0.418 e. The normalized spacial score (nSPS) is 20.8. The lowest BCUT2D eigenvalue weighted by Gasteiger charge is -2.41.